The molecule has 1 aromatic carbocycles. The van der Waals surface area contributed by atoms with Crippen LogP contribution in [-0.4, -0.2) is 18.0 Å². The van der Waals surface area contributed by atoms with E-state index < -0.39 is 0 Å². The van der Waals surface area contributed by atoms with E-state index in [-0.39, 0.29) is 5.96 Å². The minimum absolute atomic E-state index is 0.0101. The predicted molar refractivity (Wildman–Crippen MR) is 53.0 cm³/mol. The van der Waals surface area contributed by atoms with Gasteiger partial charge in [0, 0.05) is 13.6 Å². The highest BCUT2D eigenvalue weighted by molar-refractivity contribution is 5.73. The average Bonchev–Trinajstić information content (AvgIpc) is 2.15. The zero-order valence-corrected chi connectivity index (χ0v) is 7.62. The van der Waals surface area contributed by atoms with Crippen LogP contribution in [0.25, 0.3) is 0 Å². The molecule has 0 saturated carbocycles. The summed E-state index contributed by atoms with van der Waals surface area (Å²) in [6.45, 7) is 0.678. The van der Waals surface area contributed by atoms with Crippen molar-refractivity contribution in [2.24, 2.45) is 5.73 Å². The van der Waals surface area contributed by atoms with Crippen LogP contribution in [0.4, 0.5) is 0 Å². The molecule has 0 aliphatic carbocycles. The minimum Gasteiger partial charge on any atom is -0.369 e. The lowest BCUT2D eigenvalue weighted by molar-refractivity contribution is 0.356. The highest BCUT2D eigenvalue weighted by atomic mass is 15.5. The Balaban J connectivity index is 2.39. The Morgan fingerprint density at radius 3 is 2.62 bits per heavy atom. The van der Waals surface area contributed by atoms with Crippen molar-refractivity contribution >= 4 is 5.96 Å². The lowest BCUT2D eigenvalue weighted by atomic mass is 10.2. The fraction of sp³-hybridized carbons (Fsp3) is 0.222. The average molecular weight is 178 g/mol. The SMILES string of the molecule is CN(NCc1ccccc1)C(=N)N. The van der Waals surface area contributed by atoms with Crippen molar-refractivity contribution in [2.75, 3.05) is 7.05 Å². The van der Waals surface area contributed by atoms with Crippen LogP contribution in [0.2, 0.25) is 0 Å². The van der Waals surface area contributed by atoms with Gasteiger partial charge >= 0.3 is 0 Å². The monoisotopic (exact) mass is 178 g/mol. The predicted octanol–water partition coefficient (Wildman–Crippen LogP) is 0.516. The Labute approximate surface area is 77.8 Å². The maximum Gasteiger partial charge on any atom is 0.202 e. The Hall–Kier alpha value is -1.55. The lowest BCUT2D eigenvalue weighted by Crippen LogP contribution is -2.42. The molecule has 0 atom stereocenters. The number of nitrogens with zero attached hydrogens (tertiary/aromatic N) is 1. The zero-order valence-electron chi connectivity index (χ0n) is 7.62. The van der Waals surface area contributed by atoms with Crippen molar-refractivity contribution in [1.29, 1.82) is 5.41 Å². The van der Waals surface area contributed by atoms with Gasteiger partial charge in [0.1, 0.15) is 0 Å². The molecule has 0 saturated heterocycles. The highest BCUT2D eigenvalue weighted by Gasteiger charge is 1.97. The van der Waals surface area contributed by atoms with Crippen molar-refractivity contribution in [2.45, 2.75) is 6.54 Å². The molecule has 1 rings (SSSR count). The lowest BCUT2D eigenvalue weighted by Gasteiger charge is -2.17. The number of hydrogen-bond donors (Lipinski definition) is 3. The molecule has 0 aliphatic heterocycles. The van der Waals surface area contributed by atoms with Crippen LogP contribution in [0.15, 0.2) is 30.3 Å². The summed E-state index contributed by atoms with van der Waals surface area (Å²) in [5.74, 6) is 0.0101. The Morgan fingerprint density at radius 1 is 1.46 bits per heavy atom. The number of nitrogens with one attached hydrogen (secondary N) is 2. The van der Waals surface area contributed by atoms with E-state index >= 15 is 0 Å². The van der Waals surface area contributed by atoms with E-state index in [9.17, 15) is 0 Å². The molecule has 0 spiro atoms. The molecular formula is C9H14N4. The van der Waals surface area contributed by atoms with Crippen LogP contribution < -0.4 is 11.2 Å². The van der Waals surface area contributed by atoms with E-state index in [1.807, 2.05) is 30.3 Å². The standard InChI is InChI=1S/C9H14N4/c1-13(9(10)11)12-7-8-5-3-2-4-6-8/h2-6,12H,7H2,1H3,(H3,10,11). The normalized spacial score (nSPS) is 9.62. The molecule has 70 valence electrons. The summed E-state index contributed by atoms with van der Waals surface area (Å²) >= 11 is 0. The van der Waals surface area contributed by atoms with Gasteiger partial charge in [-0.1, -0.05) is 30.3 Å². The first-order valence-electron chi connectivity index (χ1n) is 4.05. The van der Waals surface area contributed by atoms with Gasteiger partial charge in [-0.3, -0.25) is 10.4 Å². The van der Waals surface area contributed by atoms with Crippen LogP contribution in [0.3, 0.4) is 0 Å². The smallest absolute Gasteiger partial charge is 0.202 e. The third kappa shape index (κ3) is 3.13. The summed E-state index contributed by atoms with van der Waals surface area (Å²) < 4.78 is 0. The van der Waals surface area contributed by atoms with E-state index in [1.54, 1.807) is 7.05 Å². The van der Waals surface area contributed by atoms with E-state index in [0.717, 1.165) is 5.56 Å². The fourth-order valence-electron chi connectivity index (χ4n) is 0.891. The van der Waals surface area contributed by atoms with Gasteiger partial charge in [0.2, 0.25) is 5.96 Å². The van der Waals surface area contributed by atoms with Crippen molar-refractivity contribution in [1.82, 2.24) is 10.4 Å². The van der Waals surface area contributed by atoms with Gasteiger partial charge in [-0.2, -0.15) is 0 Å². The van der Waals surface area contributed by atoms with Gasteiger partial charge in [0.15, 0.2) is 0 Å². The molecule has 4 heteroatoms. The van der Waals surface area contributed by atoms with Gasteiger partial charge in [0.25, 0.3) is 0 Å². The quantitative estimate of drug-likeness (QED) is 0.359. The van der Waals surface area contributed by atoms with Crippen LogP contribution in [0, 0.1) is 5.41 Å². The number of rotatable bonds is 3. The molecule has 0 heterocycles. The van der Waals surface area contributed by atoms with Crippen molar-refractivity contribution in [3.05, 3.63) is 35.9 Å². The summed E-state index contributed by atoms with van der Waals surface area (Å²) in [6, 6.07) is 9.95. The molecule has 1 aromatic rings. The second-order valence-electron chi connectivity index (χ2n) is 2.76. The van der Waals surface area contributed by atoms with E-state index in [0.29, 0.717) is 6.54 Å². The summed E-state index contributed by atoms with van der Waals surface area (Å²) in [5.41, 5.74) is 9.39. The molecule has 4 nitrogen and oxygen atoms in total. The maximum atomic E-state index is 7.11. The first-order valence-corrected chi connectivity index (χ1v) is 4.05. The second kappa shape index (κ2) is 4.47. The van der Waals surface area contributed by atoms with Crippen LogP contribution in [0.1, 0.15) is 5.56 Å². The van der Waals surface area contributed by atoms with Gasteiger partial charge in [-0.05, 0) is 5.56 Å². The largest absolute Gasteiger partial charge is 0.369 e. The van der Waals surface area contributed by atoms with E-state index in [2.05, 4.69) is 5.43 Å². The van der Waals surface area contributed by atoms with Crippen molar-refractivity contribution in [3.63, 3.8) is 0 Å². The zero-order chi connectivity index (χ0) is 9.68. The third-order valence-corrected chi connectivity index (χ3v) is 1.72. The topological polar surface area (TPSA) is 65.1 Å². The van der Waals surface area contributed by atoms with Gasteiger partial charge in [-0.25, -0.2) is 5.43 Å². The number of guanidine groups is 1. The first kappa shape index (κ1) is 9.54. The van der Waals surface area contributed by atoms with E-state index in [4.69, 9.17) is 11.1 Å². The molecule has 0 bridgehead atoms. The molecular weight excluding hydrogens is 164 g/mol. The first-order chi connectivity index (χ1) is 6.20. The van der Waals surface area contributed by atoms with Gasteiger partial charge < -0.3 is 5.73 Å². The maximum absolute atomic E-state index is 7.11. The molecule has 13 heavy (non-hydrogen) atoms. The van der Waals surface area contributed by atoms with Gasteiger partial charge in [-0.15, -0.1) is 0 Å². The third-order valence-electron chi connectivity index (χ3n) is 1.72. The number of hydrogen-bond acceptors (Lipinski definition) is 2. The minimum atomic E-state index is 0.0101. The number of hydrazine groups is 1. The fourth-order valence-corrected chi connectivity index (χ4v) is 0.891. The molecule has 0 unspecified atom stereocenters. The summed E-state index contributed by atoms with van der Waals surface area (Å²) in [7, 11) is 1.71. The Bertz CT molecular complexity index is 270. The van der Waals surface area contributed by atoms with E-state index in [1.165, 1.54) is 5.01 Å². The molecule has 4 N–H and O–H groups in total. The van der Waals surface area contributed by atoms with Crippen molar-refractivity contribution in [3.8, 4) is 0 Å². The van der Waals surface area contributed by atoms with Crippen LogP contribution >= 0.6 is 0 Å². The molecule has 0 radical (unpaired) electrons. The molecule has 0 aliphatic rings. The number of benzene rings is 1. The molecule has 0 fully saturated rings. The van der Waals surface area contributed by atoms with Crippen LogP contribution in [0.5, 0.6) is 0 Å². The Morgan fingerprint density at radius 2 is 2.08 bits per heavy atom. The summed E-state index contributed by atoms with van der Waals surface area (Å²) in [6.07, 6.45) is 0. The Kier molecular flexibility index (Phi) is 3.28. The second-order valence-corrected chi connectivity index (χ2v) is 2.76. The van der Waals surface area contributed by atoms with Gasteiger partial charge in [0.05, 0.1) is 0 Å². The molecule has 0 aromatic heterocycles. The van der Waals surface area contributed by atoms with Crippen LogP contribution in [-0.2, 0) is 6.54 Å². The summed E-state index contributed by atoms with van der Waals surface area (Å²) in [4.78, 5) is 0. The van der Waals surface area contributed by atoms with Crippen molar-refractivity contribution < 1.29 is 0 Å². The summed E-state index contributed by atoms with van der Waals surface area (Å²) in [5, 5.41) is 8.59. The molecule has 0 amide bonds. The number of nitrogens with two attached hydrogens (primary N) is 1. The highest BCUT2D eigenvalue weighted by Crippen LogP contribution is 1.96.